The zero-order valence-corrected chi connectivity index (χ0v) is 11.7. The zero-order valence-electron chi connectivity index (χ0n) is 11.7. The van der Waals surface area contributed by atoms with Crippen molar-refractivity contribution >= 4 is 11.6 Å². The summed E-state index contributed by atoms with van der Waals surface area (Å²) in [6.45, 7) is 8.43. The van der Waals surface area contributed by atoms with Crippen LogP contribution in [0.2, 0.25) is 0 Å². The van der Waals surface area contributed by atoms with E-state index in [0.717, 1.165) is 36.5 Å². The van der Waals surface area contributed by atoms with Gasteiger partial charge in [0.2, 0.25) is 0 Å². The topological polar surface area (TPSA) is 49.8 Å². The van der Waals surface area contributed by atoms with Crippen LogP contribution in [0.4, 0.5) is 11.6 Å². The molecule has 0 amide bonds. The van der Waals surface area contributed by atoms with Crippen molar-refractivity contribution in [2.45, 2.75) is 46.0 Å². The minimum atomic E-state index is 0.592. The fourth-order valence-electron chi connectivity index (χ4n) is 1.84. The smallest absolute Gasteiger partial charge is 0.136 e. The third kappa shape index (κ3) is 3.86. The van der Waals surface area contributed by atoms with E-state index in [1.807, 2.05) is 6.07 Å². The first-order chi connectivity index (χ1) is 8.69. The van der Waals surface area contributed by atoms with Gasteiger partial charge >= 0.3 is 0 Å². The minimum Gasteiger partial charge on any atom is -0.370 e. The van der Waals surface area contributed by atoms with Crippen LogP contribution in [0.1, 0.15) is 51.8 Å². The second-order valence-electron chi connectivity index (χ2n) is 5.41. The van der Waals surface area contributed by atoms with Crippen molar-refractivity contribution in [2.75, 3.05) is 23.7 Å². The Bertz CT molecular complexity index is 385. The van der Waals surface area contributed by atoms with Crippen LogP contribution in [0, 0.1) is 5.92 Å². The highest BCUT2D eigenvalue weighted by Crippen LogP contribution is 2.38. The standard InChI is InChI=1S/C14H24N4/c1-4-15-12-9-13(16-8-7-10(2)3)18-14(17-12)11-5-6-11/h9-11H,4-8H2,1-3H3,(H2,15,16,17,18). The monoisotopic (exact) mass is 248 g/mol. The van der Waals surface area contributed by atoms with Gasteiger partial charge in [0.25, 0.3) is 0 Å². The minimum absolute atomic E-state index is 0.592. The van der Waals surface area contributed by atoms with Crippen LogP contribution >= 0.6 is 0 Å². The highest BCUT2D eigenvalue weighted by atomic mass is 15.1. The predicted octanol–water partition coefficient (Wildman–Crippen LogP) is 3.24. The van der Waals surface area contributed by atoms with Crippen LogP contribution in [-0.2, 0) is 0 Å². The van der Waals surface area contributed by atoms with Gasteiger partial charge in [-0.05, 0) is 32.1 Å². The van der Waals surface area contributed by atoms with Crippen LogP contribution in [0.5, 0.6) is 0 Å². The van der Waals surface area contributed by atoms with Crippen LogP contribution in [-0.4, -0.2) is 23.1 Å². The first-order valence-corrected chi connectivity index (χ1v) is 7.05. The Kier molecular flexibility index (Phi) is 4.39. The van der Waals surface area contributed by atoms with E-state index in [9.17, 15) is 0 Å². The van der Waals surface area contributed by atoms with Crippen molar-refractivity contribution in [2.24, 2.45) is 5.92 Å². The number of nitrogens with one attached hydrogen (secondary N) is 2. The number of hydrogen-bond acceptors (Lipinski definition) is 4. The molecule has 0 atom stereocenters. The fraction of sp³-hybridized carbons (Fsp3) is 0.714. The van der Waals surface area contributed by atoms with Gasteiger partial charge in [0, 0.05) is 25.1 Å². The molecule has 0 aromatic carbocycles. The van der Waals surface area contributed by atoms with E-state index >= 15 is 0 Å². The van der Waals surface area contributed by atoms with Crippen LogP contribution in [0.3, 0.4) is 0 Å². The van der Waals surface area contributed by atoms with Crippen LogP contribution in [0.15, 0.2) is 6.07 Å². The molecule has 1 fully saturated rings. The molecule has 4 heteroatoms. The number of nitrogens with zero attached hydrogens (tertiary/aromatic N) is 2. The lowest BCUT2D eigenvalue weighted by Gasteiger charge is -2.11. The molecule has 1 aromatic rings. The van der Waals surface area contributed by atoms with Gasteiger partial charge in [0.1, 0.15) is 17.5 Å². The quantitative estimate of drug-likeness (QED) is 0.777. The van der Waals surface area contributed by atoms with Crippen LogP contribution in [0.25, 0.3) is 0 Å². The zero-order chi connectivity index (χ0) is 13.0. The maximum Gasteiger partial charge on any atom is 0.136 e. The number of rotatable bonds is 7. The molecule has 18 heavy (non-hydrogen) atoms. The van der Waals surface area contributed by atoms with Crippen LogP contribution < -0.4 is 10.6 Å². The van der Waals surface area contributed by atoms with Gasteiger partial charge in [0.05, 0.1) is 0 Å². The molecule has 1 aliphatic carbocycles. The molecule has 0 bridgehead atoms. The Morgan fingerprint density at radius 1 is 1.22 bits per heavy atom. The third-order valence-corrected chi connectivity index (χ3v) is 3.07. The lowest BCUT2D eigenvalue weighted by molar-refractivity contribution is 0.606. The summed E-state index contributed by atoms with van der Waals surface area (Å²) >= 11 is 0. The summed E-state index contributed by atoms with van der Waals surface area (Å²) in [6.07, 6.45) is 3.64. The van der Waals surface area contributed by atoms with Crippen molar-refractivity contribution in [3.63, 3.8) is 0 Å². The highest BCUT2D eigenvalue weighted by Gasteiger charge is 2.27. The van der Waals surface area contributed by atoms with Crippen molar-refractivity contribution in [1.29, 1.82) is 0 Å². The van der Waals surface area contributed by atoms with Crippen molar-refractivity contribution in [3.05, 3.63) is 11.9 Å². The molecule has 0 unspecified atom stereocenters. The summed E-state index contributed by atoms with van der Waals surface area (Å²) in [6, 6.07) is 2.01. The maximum absolute atomic E-state index is 4.61. The van der Waals surface area contributed by atoms with Gasteiger partial charge in [0.15, 0.2) is 0 Å². The van der Waals surface area contributed by atoms with Gasteiger partial charge < -0.3 is 10.6 Å². The summed E-state index contributed by atoms with van der Waals surface area (Å²) in [7, 11) is 0. The molecular formula is C14H24N4. The molecule has 1 aromatic heterocycles. The molecule has 4 nitrogen and oxygen atoms in total. The molecular weight excluding hydrogens is 224 g/mol. The molecule has 0 aliphatic heterocycles. The molecule has 1 aliphatic rings. The predicted molar refractivity (Wildman–Crippen MR) is 76.1 cm³/mol. The maximum atomic E-state index is 4.61. The number of anilines is 2. The molecule has 2 N–H and O–H groups in total. The first kappa shape index (κ1) is 13.1. The Hall–Kier alpha value is -1.32. The average molecular weight is 248 g/mol. The van der Waals surface area contributed by atoms with Gasteiger partial charge in [-0.3, -0.25) is 0 Å². The third-order valence-electron chi connectivity index (χ3n) is 3.07. The summed E-state index contributed by atoms with van der Waals surface area (Å²) in [4.78, 5) is 9.18. The normalized spacial score (nSPS) is 14.9. The van der Waals surface area contributed by atoms with E-state index in [1.54, 1.807) is 0 Å². The van der Waals surface area contributed by atoms with E-state index in [4.69, 9.17) is 0 Å². The molecule has 0 spiro atoms. The average Bonchev–Trinajstić information content (AvgIpc) is 3.12. The molecule has 0 radical (unpaired) electrons. The van der Waals surface area contributed by atoms with E-state index in [1.165, 1.54) is 19.3 Å². The second-order valence-corrected chi connectivity index (χ2v) is 5.41. The summed E-state index contributed by atoms with van der Waals surface area (Å²) < 4.78 is 0. The van der Waals surface area contributed by atoms with Gasteiger partial charge in [-0.25, -0.2) is 9.97 Å². The Morgan fingerprint density at radius 2 is 1.89 bits per heavy atom. The highest BCUT2D eigenvalue weighted by molar-refractivity contribution is 5.48. The largest absolute Gasteiger partial charge is 0.370 e. The first-order valence-electron chi connectivity index (χ1n) is 7.05. The van der Waals surface area contributed by atoms with E-state index < -0.39 is 0 Å². The summed E-state index contributed by atoms with van der Waals surface area (Å²) in [5.41, 5.74) is 0. The Balaban J connectivity index is 2.02. The Labute approximate surface area is 110 Å². The van der Waals surface area contributed by atoms with Crippen molar-refractivity contribution < 1.29 is 0 Å². The summed E-state index contributed by atoms with van der Waals surface area (Å²) in [5, 5.41) is 6.69. The van der Waals surface area contributed by atoms with Gasteiger partial charge in [-0.15, -0.1) is 0 Å². The van der Waals surface area contributed by atoms with Crippen molar-refractivity contribution in [1.82, 2.24) is 9.97 Å². The SMILES string of the molecule is CCNc1cc(NCCC(C)C)nc(C2CC2)n1. The van der Waals surface area contributed by atoms with E-state index in [2.05, 4.69) is 41.4 Å². The second kappa shape index (κ2) is 6.03. The molecule has 1 saturated carbocycles. The lowest BCUT2D eigenvalue weighted by Crippen LogP contribution is -2.10. The molecule has 0 saturated heterocycles. The fourth-order valence-corrected chi connectivity index (χ4v) is 1.84. The lowest BCUT2D eigenvalue weighted by atomic mass is 10.1. The number of hydrogen-bond donors (Lipinski definition) is 2. The van der Waals surface area contributed by atoms with Gasteiger partial charge in [-0.2, -0.15) is 0 Å². The van der Waals surface area contributed by atoms with E-state index in [0.29, 0.717) is 5.92 Å². The Morgan fingerprint density at radius 3 is 2.44 bits per heavy atom. The number of aromatic nitrogens is 2. The molecule has 2 rings (SSSR count). The molecule has 1 heterocycles. The molecule has 100 valence electrons. The van der Waals surface area contributed by atoms with E-state index in [-0.39, 0.29) is 0 Å². The van der Waals surface area contributed by atoms with Gasteiger partial charge in [-0.1, -0.05) is 13.8 Å². The summed E-state index contributed by atoms with van der Waals surface area (Å²) in [5.74, 6) is 4.22. The van der Waals surface area contributed by atoms with Crippen molar-refractivity contribution in [3.8, 4) is 0 Å².